The fourth-order valence-corrected chi connectivity index (χ4v) is 5.47. The highest BCUT2D eigenvalue weighted by atomic mass is 16.5. The predicted molar refractivity (Wildman–Crippen MR) is 209 cm³/mol. The zero-order chi connectivity index (χ0) is 41.5. The molecule has 0 spiro atoms. The minimum atomic E-state index is -1.19. The van der Waals surface area contributed by atoms with Gasteiger partial charge in [0.25, 0.3) is 0 Å². The highest BCUT2D eigenvalue weighted by Crippen LogP contribution is 2.12. The number of aliphatic carboxylic acids is 2. The van der Waals surface area contributed by atoms with Crippen molar-refractivity contribution >= 4 is 35.6 Å². The average Bonchev–Trinajstić information content (AvgIpc) is 3.15. The van der Waals surface area contributed by atoms with E-state index in [1.165, 1.54) is 0 Å². The summed E-state index contributed by atoms with van der Waals surface area (Å²) >= 11 is 0. The van der Waals surface area contributed by atoms with Gasteiger partial charge in [-0.1, -0.05) is 64.7 Å². The van der Waals surface area contributed by atoms with Gasteiger partial charge in [0.2, 0.25) is 23.6 Å². The Morgan fingerprint density at radius 3 is 1.50 bits per heavy atom. The van der Waals surface area contributed by atoms with Gasteiger partial charge in [-0.25, -0.2) is 4.79 Å². The van der Waals surface area contributed by atoms with E-state index in [1.54, 1.807) is 7.11 Å². The number of hydrogen-bond donors (Lipinski definition) is 6. The van der Waals surface area contributed by atoms with Crippen molar-refractivity contribution in [2.45, 2.75) is 122 Å². The molecule has 2 atom stereocenters. The maximum absolute atomic E-state index is 12.2. The molecule has 0 fully saturated rings. The Balaban J connectivity index is 3.65. The predicted octanol–water partition coefficient (Wildman–Crippen LogP) is 2.97. The van der Waals surface area contributed by atoms with Crippen LogP contribution < -0.4 is 21.3 Å². The number of carbonyl (C=O) groups excluding carboxylic acids is 4. The lowest BCUT2D eigenvalue weighted by molar-refractivity contribution is -0.142. The molecule has 0 rings (SSSR count). The molecule has 1 unspecified atom stereocenters. The van der Waals surface area contributed by atoms with Crippen LogP contribution >= 0.6 is 0 Å². The first-order chi connectivity index (χ1) is 27.0. The summed E-state index contributed by atoms with van der Waals surface area (Å²) in [5.41, 5.74) is 0. The van der Waals surface area contributed by atoms with Gasteiger partial charge in [0.15, 0.2) is 0 Å². The van der Waals surface area contributed by atoms with Crippen LogP contribution in [0.3, 0.4) is 0 Å². The number of ether oxygens (including phenoxy) is 5. The van der Waals surface area contributed by atoms with E-state index < -0.39 is 18.0 Å². The van der Waals surface area contributed by atoms with Gasteiger partial charge in [-0.3, -0.25) is 24.0 Å². The lowest BCUT2D eigenvalue weighted by Gasteiger charge is -2.14. The highest BCUT2D eigenvalue weighted by Gasteiger charge is 2.20. The van der Waals surface area contributed by atoms with Crippen molar-refractivity contribution in [2.75, 3.05) is 86.2 Å². The quantitative estimate of drug-likeness (QED) is 0.0489. The summed E-state index contributed by atoms with van der Waals surface area (Å²) in [4.78, 5) is 70.2. The second-order valence-corrected chi connectivity index (χ2v) is 13.9. The van der Waals surface area contributed by atoms with Gasteiger partial charge >= 0.3 is 11.9 Å². The summed E-state index contributed by atoms with van der Waals surface area (Å²) in [7, 11) is 1.70. The second kappa shape index (κ2) is 38.5. The summed E-state index contributed by atoms with van der Waals surface area (Å²) in [6, 6.07) is -1.14. The van der Waals surface area contributed by atoms with Crippen molar-refractivity contribution in [1.29, 1.82) is 0 Å². The summed E-state index contributed by atoms with van der Waals surface area (Å²) < 4.78 is 26.5. The minimum absolute atomic E-state index is 0.0284. The molecule has 0 aromatic heterocycles. The molecule has 17 nitrogen and oxygen atoms in total. The van der Waals surface area contributed by atoms with Gasteiger partial charge in [-0.2, -0.15) is 0 Å². The molecule has 0 saturated carbocycles. The standard InChI is InChI=1S/C39H72N4O13/c1-32(29-52-2)15-13-14-20-40-36(46)30-55-27-26-54-24-22-42-37(47)31-56-28-25-53-23-21-41-34(44)19-18-33(39(50)51)43-35(45)16-11-9-7-5-3-4-6-8-10-12-17-38(48)49/h32-33H,3-31H2,1-2H3,(H,40,46)(H,41,44)(H,42,47)(H,43,45)(H,48,49)(H,50,51)/t32?,33-/m0/s1. The molecule has 0 aliphatic carbocycles. The Hall–Kier alpha value is -3.38. The van der Waals surface area contributed by atoms with Gasteiger partial charge in [0.05, 0.1) is 39.6 Å². The van der Waals surface area contributed by atoms with Crippen LogP contribution in [0.1, 0.15) is 116 Å². The largest absolute Gasteiger partial charge is 0.481 e. The van der Waals surface area contributed by atoms with E-state index in [2.05, 4.69) is 28.2 Å². The van der Waals surface area contributed by atoms with Crippen LogP contribution in [0.25, 0.3) is 0 Å². The van der Waals surface area contributed by atoms with Crippen LogP contribution in [0.5, 0.6) is 0 Å². The lowest BCUT2D eigenvalue weighted by atomic mass is 10.0. The fraction of sp³-hybridized carbons (Fsp3) is 0.846. The summed E-state index contributed by atoms with van der Waals surface area (Å²) in [5, 5.41) is 28.8. The van der Waals surface area contributed by atoms with Crippen LogP contribution in [0, 0.1) is 5.92 Å². The molecule has 56 heavy (non-hydrogen) atoms. The van der Waals surface area contributed by atoms with Gasteiger partial charge in [-0.15, -0.1) is 0 Å². The number of carbonyl (C=O) groups is 6. The van der Waals surface area contributed by atoms with E-state index >= 15 is 0 Å². The molecule has 0 saturated heterocycles. The number of amides is 4. The van der Waals surface area contributed by atoms with Crippen molar-refractivity contribution in [1.82, 2.24) is 21.3 Å². The number of hydrogen-bond acceptors (Lipinski definition) is 11. The van der Waals surface area contributed by atoms with Gasteiger partial charge in [0.1, 0.15) is 19.3 Å². The first-order valence-electron chi connectivity index (χ1n) is 20.4. The van der Waals surface area contributed by atoms with Crippen molar-refractivity contribution in [3.63, 3.8) is 0 Å². The molecule has 0 heterocycles. The third-order valence-corrected chi connectivity index (χ3v) is 8.58. The fourth-order valence-electron chi connectivity index (χ4n) is 5.47. The van der Waals surface area contributed by atoms with Crippen molar-refractivity contribution in [3.8, 4) is 0 Å². The Morgan fingerprint density at radius 2 is 0.982 bits per heavy atom. The van der Waals surface area contributed by atoms with Gasteiger partial charge < -0.3 is 55.2 Å². The topological polar surface area (TPSA) is 237 Å². The van der Waals surface area contributed by atoms with Crippen LogP contribution in [0.15, 0.2) is 0 Å². The Morgan fingerprint density at radius 1 is 0.500 bits per heavy atom. The normalized spacial score (nSPS) is 12.1. The van der Waals surface area contributed by atoms with Crippen LogP contribution in [-0.2, 0) is 52.5 Å². The molecular weight excluding hydrogens is 732 g/mol. The number of rotatable bonds is 41. The highest BCUT2D eigenvalue weighted by molar-refractivity contribution is 5.84. The van der Waals surface area contributed by atoms with Crippen molar-refractivity contribution in [2.24, 2.45) is 5.92 Å². The molecule has 4 amide bonds. The molecule has 326 valence electrons. The zero-order valence-electron chi connectivity index (χ0n) is 34.0. The van der Waals surface area contributed by atoms with E-state index in [0.717, 1.165) is 83.7 Å². The molecule has 0 aliphatic heterocycles. The number of methoxy groups -OCH3 is 1. The zero-order valence-corrected chi connectivity index (χ0v) is 34.0. The van der Waals surface area contributed by atoms with Crippen LogP contribution in [0.4, 0.5) is 0 Å². The molecule has 0 radical (unpaired) electrons. The minimum Gasteiger partial charge on any atom is -0.481 e. The third kappa shape index (κ3) is 37.5. The third-order valence-electron chi connectivity index (χ3n) is 8.58. The van der Waals surface area contributed by atoms with E-state index in [-0.39, 0.29) is 102 Å². The monoisotopic (exact) mass is 805 g/mol. The summed E-state index contributed by atoms with van der Waals surface area (Å²) in [5.74, 6) is -2.59. The molecule has 0 aliphatic rings. The first kappa shape index (κ1) is 52.6. The molecule has 17 heteroatoms. The van der Waals surface area contributed by atoms with E-state index in [1.807, 2.05) is 0 Å². The average molecular weight is 805 g/mol. The molecular formula is C39H72N4O13. The molecule has 0 aromatic rings. The number of carboxylic acid groups (broad SMARTS) is 2. The first-order valence-corrected chi connectivity index (χ1v) is 20.4. The van der Waals surface area contributed by atoms with Crippen molar-refractivity contribution < 1.29 is 62.7 Å². The second-order valence-electron chi connectivity index (χ2n) is 13.9. The number of nitrogens with one attached hydrogen (secondary N) is 4. The van der Waals surface area contributed by atoms with E-state index in [0.29, 0.717) is 32.0 Å². The van der Waals surface area contributed by atoms with Crippen LogP contribution in [-0.4, -0.2) is 138 Å². The van der Waals surface area contributed by atoms with Crippen molar-refractivity contribution in [3.05, 3.63) is 0 Å². The summed E-state index contributed by atoms with van der Waals surface area (Å²) in [6.07, 6.45) is 13.0. The molecule has 6 N–H and O–H groups in total. The Labute approximate surface area is 333 Å². The molecule has 0 aromatic carbocycles. The van der Waals surface area contributed by atoms with Crippen LogP contribution in [0.2, 0.25) is 0 Å². The van der Waals surface area contributed by atoms with E-state index in [9.17, 15) is 33.9 Å². The smallest absolute Gasteiger partial charge is 0.326 e. The summed E-state index contributed by atoms with van der Waals surface area (Å²) in [6.45, 7) is 5.27. The molecule has 0 bridgehead atoms. The maximum Gasteiger partial charge on any atom is 0.326 e. The van der Waals surface area contributed by atoms with E-state index in [4.69, 9.17) is 28.8 Å². The Bertz CT molecular complexity index is 1050. The maximum atomic E-state index is 12.2. The Kier molecular flexibility index (Phi) is 36.2. The lowest BCUT2D eigenvalue weighted by Crippen LogP contribution is -2.41. The van der Waals surface area contributed by atoms with Gasteiger partial charge in [-0.05, 0) is 38.0 Å². The van der Waals surface area contributed by atoms with Gasteiger partial charge in [0, 0.05) is 52.6 Å². The number of carboxylic acids is 2. The SMILES string of the molecule is COCC(C)CCCCNC(=O)COCCOCCNC(=O)COCCOCCNC(=O)CC[C@H](NC(=O)CCCCCCCCCCCCC(=O)O)C(=O)O. The number of unbranched alkanes of at least 4 members (excludes halogenated alkanes) is 10.